The van der Waals surface area contributed by atoms with E-state index in [0.717, 1.165) is 4.57 Å². The van der Waals surface area contributed by atoms with E-state index in [2.05, 4.69) is 0 Å². The summed E-state index contributed by atoms with van der Waals surface area (Å²) in [7, 11) is 0. The van der Waals surface area contributed by atoms with Crippen LogP contribution in [0.25, 0.3) is 0 Å². The Morgan fingerprint density at radius 2 is 2.12 bits per heavy atom. The minimum absolute atomic E-state index is 0.00498. The minimum Gasteiger partial charge on any atom is -0.379 e. The maximum absolute atomic E-state index is 13.1. The van der Waals surface area contributed by atoms with Crippen molar-refractivity contribution in [2.75, 3.05) is 13.2 Å². The number of nitrogens with zero attached hydrogens (tertiary/aromatic N) is 1. The summed E-state index contributed by atoms with van der Waals surface area (Å²) in [4.78, 5) is 24.7. The highest BCUT2D eigenvalue weighted by molar-refractivity contribution is 6.29. The molecular weight excluding hydrogens is 251 g/mol. The van der Waals surface area contributed by atoms with Crippen molar-refractivity contribution in [3.8, 4) is 0 Å². The molecule has 0 amide bonds. The molecule has 17 heavy (non-hydrogen) atoms. The fraction of sp³-hybridized carbons (Fsp3) is 0.600. The fourth-order valence-corrected chi connectivity index (χ4v) is 1.36. The van der Waals surface area contributed by atoms with Gasteiger partial charge < -0.3 is 4.74 Å². The average molecular weight is 265 g/mol. The van der Waals surface area contributed by atoms with Crippen LogP contribution in [0.2, 0.25) is 5.15 Å². The summed E-state index contributed by atoms with van der Waals surface area (Å²) in [6.07, 6.45) is 0. The molecule has 0 aliphatic carbocycles. The van der Waals surface area contributed by atoms with Gasteiger partial charge in [0.1, 0.15) is 0 Å². The zero-order chi connectivity index (χ0) is 13.0. The van der Waals surface area contributed by atoms with Gasteiger partial charge in [-0.3, -0.25) is 14.3 Å². The maximum atomic E-state index is 13.1. The molecule has 0 spiro atoms. The average Bonchev–Trinajstić information content (AvgIpc) is 2.24. The van der Waals surface area contributed by atoms with E-state index in [4.69, 9.17) is 16.3 Å². The molecule has 1 N–H and O–H groups in total. The minimum atomic E-state index is -1.16. The summed E-state index contributed by atoms with van der Waals surface area (Å²) in [6.45, 7) is 4.63. The Kier molecular flexibility index (Phi) is 4.89. The van der Waals surface area contributed by atoms with Crippen LogP contribution in [-0.4, -0.2) is 22.8 Å². The van der Waals surface area contributed by atoms with Crippen LogP contribution in [0.5, 0.6) is 0 Å². The zero-order valence-electron chi connectivity index (χ0n) is 9.63. The van der Waals surface area contributed by atoms with Crippen LogP contribution in [-0.2, 0) is 11.3 Å². The van der Waals surface area contributed by atoms with E-state index in [0.29, 0.717) is 12.5 Å². The molecule has 0 saturated heterocycles. The Bertz CT molecular complexity index is 495. The molecule has 0 aromatic carbocycles. The van der Waals surface area contributed by atoms with Crippen LogP contribution in [0.1, 0.15) is 13.8 Å². The lowest BCUT2D eigenvalue weighted by Crippen LogP contribution is -2.38. The molecule has 96 valence electrons. The van der Waals surface area contributed by atoms with Crippen LogP contribution in [0.3, 0.4) is 0 Å². The third kappa shape index (κ3) is 3.67. The second-order valence-corrected chi connectivity index (χ2v) is 4.36. The molecule has 1 aromatic rings. The van der Waals surface area contributed by atoms with Crippen LogP contribution >= 0.6 is 11.6 Å². The standard InChI is InChI=1S/C10H14ClFN2O3/c1-6(2)5-17-4-3-14-9(15)7(12)8(11)13-10(14)16/h6H,3-5H2,1-2H3,(H,13,16). The van der Waals surface area contributed by atoms with Gasteiger partial charge >= 0.3 is 5.69 Å². The van der Waals surface area contributed by atoms with E-state index in [1.165, 1.54) is 0 Å². The molecule has 1 rings (SSSR count). The summed E-state index contributed by atoms with van der Waals surface area (Å²) in [6, 6.07) is 0. The predicted octanol–water partition coefficient (Wildman–Crippen LogP) is 1.00. The van der Waals surface area contributed by atoms with E-state index >= 15 is 0 Å². The first-order chi connectivity index (χ1) is 7.93. The lowest BCUT2D eigenvalue weighted by atomic mass is 10.2. The largest absolute Gasteiger partial charge is 0.379 e. The molecule has 7 heteroatoms. The van der Waals surface area contributed by atoms with Gasteiger partial charge in [0.15, 0.2) is 5.15 Å². The highest BCUT2D eigenvalue weighted by atomic mass is 35.5. The van der Waals surface area contributed by atoms with Crippen LogP contribution in [0.15, 0.2) is 9.59 Å². The number of H-pyrrole nitrogens is 1. The van der Waals surface area contributed by atoms with Crippen molar-refractivity contribution in [1.82, 2.24) is 9.55 Å². The van der Waals surface area contributed by atoms with Crippen molar-refractivity contribution >= 4 is 11.6 Å². The predicted molar refractivity (Wildman–Crippen MR) is 61.9 cm³/mol. The normalized spacial score (nSPS) is 11.1. The summed E-state index contributed by atoms with van der Waals surface area (Å²) >= 11 is 5.32. The lowest BCUT2D eigenvalue weighted by molar-refractivity contribution is 0.101. The van der Waals surface area contributed by atoms with E-state index in [-0.39, 0.29) is 13.2 Å². The molecule has 0 bridgehead atoms. The van der Waals surface area contributed by atoms with Crippen molar-refractivity contribution in [1.29, 1.82) is 0 Å². The van der Waals surface area contributed by atoms with Gasteiger partial charge in [0.05, 0.1) is 13.2 Å². The Labute approximate surface area is 102 Å². The SMILES string of the molecule is CC(C)COCCn1c(=O)[nH]c(Cl)c(F)c1=O. The van der Waals surface area contributed by atoms with E-state index < -0.39 is 22.2 Å². The molecule has 1 heterocycles. The number of aromatic nitrogens is 2. The second kappa shape index (κ2) is 5.97. The van der Waals surface area contributed by atoms with Crippen LogP contribution in [0, 0.1) is 11.7 Å². The van der Waals surface area contributed by atoms with Crippen LogP contribution in [0.4, 0.5) is 4.39 Å². The third-order valence-electron chi connectivity index (χ3n) is 2.00. The summed E-state index contributed by atoms with van der Waals surface area (Å²) < 4.78 is 19.1. The van der Waals surface area contributed by atoms with E-state index in [1.54, 1.807) is 0 Å². The molecular formula is C10H14ClFN2O3. The molecule has 0 aliphatic heterocycles. The maximum Gasteiger partial charge on any atom is 0.329 e. The number of ether oxygens (including phenoxy) is 1. The van der Waals surface area contributed by atoms with Gasteiger partial charge in [-0.25, -0.2) is 4.79 Å². The second-order valence-electron chi connectivity index (χ2n) is 3.98. The van der Waals surface area contributed by atoms with Gasteiger partial charge in [0.2, 0.25) is 5.82 Å². The van der Waals surface area contributed by atoms with Crippen molar-refractivity contribution in [3.63, 3.8) is 0 Å². The monoisotopic (exact) mass is 264 g/mol. The summed E-state index contributed by atoms with van der Waals surface area (Å²) in [5, 5.41) is -0.570. The molecule has 1 aromatic heterocycles. The van der Waals surface area contributed by atoms with Gasteiger partial charge in [-0.2, -0.15) is 4.39 Å². The number of hydrogen-bond donors (Lipinski definition) is 1. The summed E-state index contributed by atoms with van der Waals surface area (Å²) in [5.74, 6) is -0.804. The van der Waals surface area contributed by atoms with Gasteiger partial charge in [-0.05, 0) is 5.92 Å². The molecule has 0 saturated carbocycles. The van der Waals surface area contributed by atoms with Gasteiger partial charge in [0.25, 0.3) is 5.56 Å². The van der Waals surface area contributed by atoms with Crippen molar-refractivity contribution in [3.05, 3.63) is 31.8 Å². The highest BCUT2D eigenvalue weighted by Crippen LogP contribution is 2.02. The fourth-order valence-electron chi connectivity index (χ4n) is 1.20. The Balaban J connectivity index is 2.76. The van der Waals surface area contributed by atoms with Crippen LogP contribution < -0.4 is 11.2 Å². The zero-order valence-corrected chi connectivity index (χ0v) is 10.4. The Morgan fingerprint density at radius 1 is 1.47 bits per heavy atom. The van der Waals surface area contributed by atoms with Gasteiger partial charge in [-0.15, -0.1) is 0 Å². The topological polar surface area (TPSA) is 64.1 Å². The first-order valence-corrected chi connectivity index (χ1v) is 5.57. The molecule has 0 aliphatic rings. The number of nitrogens with one attached hydrogen (secondary N) is 1. The third-order valence-corrected chi connectivity index (χ3v) is 2.26. The Hall–Kier alpha value is -1.14. The quantitative estimate of drug-likeness (QED) is 0.637. The number of aromatic amines is 1. The van der Waals surface area contributed by atoms with Crippen molar-refractivity contribution < 1.29 is 9.13 Å². The molecule has 0 unspecified atom stereocenters. The summed E-state index contributed by atoms with van der Waals surface area (Å²) in [5.41, 5.74) is -1.78. The first kappa shape index (κ1) is 13.9. The van der Waals surface area contributed by atoms with E-state index in [9.17, 15) is 14.0 Å². The Morgan fingerprint density at radius 3 is 2.71 bits per heavy atom. The lowest BCUT2D eigenvalue weighted by Gasteiger charge is -2.08. The molecule has 0 radical (unpaired) electrons. The van der Waals surface area contributed by atoms with E-state index in [1.807, 2.05) is 18.8 Å². The van der Waals surface area contributed by atoms with Gasteiger partial charge in [-0.1, -0.05) is 25.4 Å². The molecule has 0 atom stereocenters. The first-order valence-electron chi connectivity index (χ1n) is 5.19. The number of rotatable bonds is 5. The highest BCUT2D eigenvalue weighted by Gasteiger charge is 2.11. The van der Waals surface area contributed by atoms with Crippen molar-refractivity contribution in [2.24, 2.45) is 5.92 Å². The smallest absolute Gasteiger partial charge is 0.329 e. The number of halogens is 2. The van der Waals surface area contributed by atoms with Crippen molar-refractivity contribution in [2.45, 2.75) is 20.4 Å². The van der Waals surface area contributed by atoms with Gasteiger partial charge in [0, 0.05) is 6.61 Å². The molecule has 0 fully saturated rings. The number of hydrogen-bond acceptors (Lipinski definition) is 3. The molecule has 5 nitrogen and oxygen atoms in total.